The minimum Gasteiger partial charge on any atom is -0.299 e. The second-order valence-electron chi connectivity index (χ2n) is 3.29. The van der Waals surface area contributed by atoms with Crippen molar-refractivity contribution < 1.29 is 14.0 Å². The van der Waals surface area contributed by atoms with E-state index in [9.17, 15) is 14.0 Å². The molecule has 2 nitrogen and oxygen atoms in total. The molecular formula is C11H10ClFO2. The van der Waals surface area contributed by atoms with E-state index in [1.807, 2.05) is 0 Å². The van der Waals surface area contributed by atoms with Crippen molar-refractivity contribution in [2.45, 2.75) is 19.8 Å². The lowest BCUT2D eigenvalue weighted by Gasteiger charge is -2.13. The van der Waals surface area contributed by atoms with Crippen molar-refractivity contribution in [1.82, 2.24) is 0 Å². The number of benzene rings is 1. The summed E-state index contributed by atoms with van der Waals surface area (Å²) in [6.07, 6.45) is 0. The lowest BCUT2D eigenvalue weighted by Crippen LogP contribution is -2.18. The van der Waals surface area contributed by atoms with Crippen LogP contribution in [0.5, 0.6) is 0 Å². The van der Waals surface area contributed by atoms with E-state index in [0.717, 1.165) is 0 Å². The molecule has 0 heterocycles. The van der Waals surface area contributed by atoms with Crippen LogP contribution < -0.4 is 0 Å². The van der Waals surface area contributed by atoms with Gasteiger partial charge in [-0.15, -0.1) is 0 Å². The number of Topliss-reactive ketones (excluding diaryl/α,β-unsaturated/α-hetero) is 2. The second-order valence-corrected chi connectivity index (χ2v) is 3.70. The SMILES string of the molecule is CC(=O)C(C(C)=O)c1c(F)cccc1Cl. The van der Waals surface area contributed by atoms with E-state index in [0.29, 0.717) is 0 Å². The summed E-state index contributed by atoms with van der Waals surface area (Å²) < 4.78 is 13.4. The lowest BCUT2D eigenvalue weighted by atomic mass is 9.91. The Labute approximate surface area is 92.0 Å². The summed E-state index contributed by atoms with van der Waals surface area (Å²) in [5.41, 5.74) is -0.0285. The number of carbonyl (C=O) groups is 2. The zero-order valence-corrected chi connectivity index (χ0v) is 9.14. The number of hydrogen-bond donors (Lipinski definition) is 0. The summed E-state index contributed by atoms with van der Waals surface area (Å²) in [5, 5.41) is 0.102. The third kappa shape index (κ3) is 2.42. The van der Waals surface area contributed by atoms with Crippen LogP contribution in [0.2, 0.25) is 5.02 Å². The largest absolute Gasteiger partial charge is 0.299 e. The van der Waals surface area contributed by atoms with Gasteiger partial charge in [-0.1, -0.05) is 17.7 Å². The molecule has 0 aromatic heterocycles. The minimum atomic E-state index is -1.10. The molecule has 0 N–H and O–H groups in total. The Hall–Kier alpha value is -1.22. The smallest absolute Gasteiger partial charge is 0.144 e. The molecular weight excluding hydrogens is 219 g/mol. The summed E-state index contributed by atoms with van der Waals surface area (Å²) in [4.78, 5) is 22.5. The van der Waals surface area contributed by atoms with Crippen molar-refractivity contribution in [3.63, 3.8) is 0 Å². The summed E-state index contributed by atoms with van der Waals surface area (Å²) in [6.45, 7) is 2.49. The van der Waals surface area contributed by atoms with Crippen molar-refractivity contribution in [1.29, 1.82) is 0 Å². The summed E-state index contributed by atoms with van der Waals surface area (Å²) in [5.74, 6) is -2.54. The van der Waals surface area contributed by atoms with Gasteiger partial charge in [0.05, 0.1) is 0 Å². The molecule has 1 aromatic carbocycles. The molecule has 0 aliphatic rings. The molecule has 0 unspecified atom stereocenters. The van der Waals surface area contributed by atoms with E-state index in [-0.39, 0.29) is 10.6 Å². The molecule has 0 amide bonds. The molecule has 0 spiro atoms. The van der Waals surface area contributed by atoms with Crippen LogP contribution in [0.25, 0.3) is 0 Å². The van der Waals surface area contributed by atoms with E-state index in [1.54, 1.807) is 0 Å². The van der Waals surface area contributed by atoms with Crippen LogP contribution in [-0.2, 0) is 9.59 Å². The molecule has 0 aliphatic carbocycles. The molecule has 1 rings (SSSR count). The molecule has 1 aromatic rings. The van der Waals surface area contributed by atoms with Gasteiger partial charge in [-0.2, -0.15) is 0 Å². The van der Waals surface area contributed by atoms with Gasteiger partial charge in [0.15, 0.2) is 0 Å². The highest BCUT2D eigenvalue weighted by atomic mass is 35.5. The van der Waals surface area contributed by atoms with Gasteiger partial charge < -0.3 is 0 Å². The fraction of sp³-hybridized carbons (Fsp3) is 0.273. The molecule has 15 heavy (non-hydrogen) atoms. The van der Waals surface area contributed by atoms with Gasteiger partial charge in [0.25, 0.3) is 0 Å². The van der Waals surface area contributed by atoms with Crippen molar-refractivity contribution in [2.75, 3.05) is 0 Å². The molecule has 0 fully saturated rings. The van der Waals surface area contributed by atoms with E-state index in [2.05, 4.69) is 0 Å². The molecule has 80 valence electrons. The maximum atomic E-state index is 13.4. The fourth-order valence-electron chi connectivity index (χ4n) is 1.48. The summed E-state index contributed by atoms with van der Waals surface area (Å²) in [7, 11) is 0. The zero-order valence-electron chi connectivity index (χ0n) is 8.38. The number of rotatable bonds is 3. The van der Waals surface area contributed by atoms with Crippen molar-refractivity contribution in [3.05, 3.63) is 34.6 Å². The van der Waals surface area contributed by atoms with Crippen LogP contribution in [-0.4, -0.2) is 11.6 Å². The third-order valence-electron chi connectivity index (χ3n) is 2.10. The maximum Gasteiger partial charge on any atom is 0.144 e. The first-order chi connectivity index (χ1) is 6.95. The standard InChI is InChI=1S/C11H10ClFO2/c1-6(14)10(7(2)15)11-8(12)4-3-5-9(11)13/h3-5,10H,1-2H3. The van der Waals surface area contributed by atoms with Crippen LogP contribution in [0.3, 0.4) is 0 Å². The van der Waals surface area contributed by atoms with Gasteiger partial charge in [-0.25, -0.2) is 4.39 Å². The van der Waals surface area contributed by atoms with E-state index in [1.165, 1.54) is 32.0 Å². The van der Waals surface area contributed by atoms with E-state index >= 15 is 0 Å². The average Bonchev–Trinajstić information content (AvgIpc) is 2.09. The Bertz CT molecular complexity index is 381. The summed E-state index contributed by atoms with van der Waals surface area (Å²) >= 11 is 5.77. The number of halogens is 2. The Morgan fingerprint density at radius 1 is 1.27 bits per heavy atom. The fourth-order valence-corrected chi connectivity index (χ4v) is 1.75. The van der Waals surface area contributed by atoms with Gasteiger partial charge in [0.1, 0.15) is 23.3 Å². The normalized spacial score (nSPS) is 10.5. The minimum absolute atomic E-state index is 0.0285. The first-order valence-corrected chi connectivity index (χ1v) is 4.77. The predicted molar refractivity (Wildman–Crippen MR) is 55.5 cm³/mol. The van der Waals surface area contributed by atoms with Gasteiger partial charge >= 0.3 is 0 Å². The third-order valence-corrected chi connectivity index (χ3v) is 2.43. The van der Waals surface area contributed by atoms with Crippen LogP contribution in [0.15, 0.2) is 18.2 Å². The number of hydrogen-bond acceptors (Lipinski definition) is 2. The molecule has 0 saturated heterocycles. The molecule has 0 atom stereocenters. The average molecular weight is 229 g/mol. The molecule has 0 saturated carbocycles. The highest BCUT2D eigenvalue weighted by Gasteiger charge is 2.26. The molecule has 0 aliphatic heterocycles. The van der Waals surface area contributed by atoms with Gasteiger partial charge in [-0.3, -0.25) is 9.59 Å². The maximum absolute atomic E-state index is 13.4. The van der Waals surface area contributed by atoms with E-state index < -0.39 is 23.3 Å². The van der Waals surface area contributed by atoms with Gasteiger partial charge in [-0.05, 0) is 26.0 Å². The quantitative estimate of drug-likeness (QED) is 0.746. The Kier molecular flexibility index (Phi) is 3.58. The summed E-state index contributed by atoms with van der Waals surface area (Å²) in [6, 6.07) is 4.07. The van der Waals surface area contributed by atoms with Crippen molar-refractivity contribution in [2.24, 2.45) is 0 Å². The Balaban J connectivity index is 3.35. The van der Waals surface area contributed by atoms with Gasteiger partial charge in [0.2, 0.25) is 0 Å². The van der Waals surface area contributed by atoms with Crippen LogP contribution >= 0.6 is 11.6 Å². The number of ketones is 2. The van der Waals surface area contributed by atoms with Crippen molar-refractivity contribution in [3.8, 4) is 0 Å². The monoisotopic (exact) mass is 228 g/mol. The van der Waals surface area contributed by atoms with Gasteiger partial charge in [0, 0.05) is 10.6 Å². The molecule has 4 heteroatoms. The molecule has 0 radical (unpaired) electrons. The highest BCUT2D eigenvalue weighted by molar-refractivity contribution is 6.32. The van der Waals surface area contributed by atoms with Crippen LogP contribution in [0.4, 0.5) is 4.39 Å². The first kappa shape index (κ1) is 11.9. The predicted octanol–water partition coefficient (Wildman–Crippen LogP) is 2.74. The Morgan fingerprint density at radius 3 is 2.20 bits per heavy atom. The lowest BCUT2D eigenvalue weighted by molar-refractivity contribution is -0.126. The van der Waals surface area contributed by atoms with Crippen molar-refractivity contribution >= 4 is 23.2 Å². The zero-order chi connectivity index (χ0) is 11.6. The topological polar surface area (TPSA) is 34.1 Å². The van der Waals surface area contributed by atoms with Crippen LogP contribution in [0, 0.1) is 5.82 Å². The number of carbonyl (C=O) groups excluding carboxylic acids is 2. The Morgan fingerprint density at radius 2 is 1.80 bits per heavy atom. The highest BCUT2D eigenvalue weighted by Crippen LogP contribution is 2.28. The van der Waals surface area contributed by atoms with E-state index in [4.69, 9.17) is 11.6 Å². The molecule has 0 bridgehead atoms. The first-order valence-electron chi connectivity index (χ1n) is 4.40. The van der Waals surface area contributed by atoms with Crippen LogP contribution in [0.1, 0.15) is 25.3 Å². The second kappa shape index (κ2) is 4.53.